The third-order valence-corrected chi connectivity index (χ3v) is 5.49. The third-order valence-electron chi connectivity index (χ3n) is 4.73. The van der Waals surface area contributed by atoms with Gasteiger partial charge in [0.25, 0.3) is 5.91 Å². The topological polar surface area (TPSA) is 58.1 Å². The smallest absolute Gasteiger partial charge is 0.267 e. The predicted octanol–water partition coefficient (Wildman–Crippen LogP) is 2.09. The molecule has 0 spiro atoms. The van der Waals surface area contributed by atoms with Crippen LogP contribution in [0.5, 0.6) is 0 Å². The second-order valence-electron chi connectivity index (χ2n) is 6.13. The van der Waals surface area contributed by atoms with Gasteiger partial charge in [0.05, 0.1) is 5.69 Å². The van der Waals surface area contributed by atoms with Crippen molar-refractivity contribution >= 4 is 17.4 Å². The van der Waals surface area contributed by atoms with E-state index in [9.17, 15) is 4.79 Å². The molecule has 5 nitrogen and oxygen atoms in total. The van der Waals surface area contributed by atoms with Crippen LogP contribution in [0.4, 0.5) is 0 Å². The number of hydrogen-bond donors (Lipinski definition) is 1. The molecule has 1 amide bonds. The monoisotopic (exact) mass is 308 g/mol. The zero-order valence-electron chi connectivity index (χ0n) is 12.7. The van der Waals surface area contributed by atoms with Crippen LogP contribution in [-0.4, -0.2) is 46.1 Å². The van der Waals surface area contributed by atoms with Crippen LogP contribution in [0, 0.1) is 5.92 Å². The summed E-state index contributed by atoms with van der Waals surface area (Å²) < 4.78 is 3.97. The number of nitrogens with zero attached hydrogens (tertiary/aromatic N) is 3. The summed E-state index contributed by atoms with van der Waals surface area (Å²) in [5.74, 6) is 0.887. The summed E-state index contributed by atoms with van der Waals surface area (Å²) in [6.07, 6.45) is 6.70. The molecule has 1 N–H and O–H groups in total. The van der Waals surface area contributed by atoms with Crippen molar-refractivity contribution in [3.8, 4) is 0 Å². The number of aromatic nitrogens is 2. The Morgan fingerprint density at radius 1 is 1.38 bits per heavy atom. The Hall–Kier alpha value is -1.01. The SMILES string of the molecule is CCCc1nnsc1C(=O)N1CCC(C2CCCN2)CC1. The quantitative estimate of drug-likeness (QED) is 0.925. The molecule has 0 bridgehead atoms. The maximum Gasteiger partial charge on any atom is 0.267 e. The highest BCUT2D eigenvalue weighted by Crippen LogP contribution is 2.27. The minimum atomic E-state index is 0.145. The van der Waals surface area contributed by atoms with Crippen LogP contribution in [0.2, 0.25) is 0 Å². The minimum Gasteiger partial charge on any atom is -0.338 e. The van der Waals surface area contributed by atoms with Gasteiger partial charge >= 0.3 is 0 Å². The van der Waals surface area contributed by atoms with E-state index < -0.39 is 0 Å². The van der Waals surface area contributed by atoms with Crippen molar-refractivity contribution in [1.29, 1.82) is 0 Å². The van der Waals surface area contributed by atoms with Crippen LogP contribution in [0.3, 0.4) is 0 Å². The average molecular weight is 308 g/mol. The van der Waals surface area contributed by atoms with Crippen molar-refractivity contribution in [2.45, 2.75) is 51.5 Å². The number of rotatable bonds is 4. The molecule has 3 rings (SSSR count). The van der Waals surface area contributed by atoms with E-state index in [1.54, 1.807) is 0 Å². The number of nitrogens with one attached hydrogen (secondary N) is 1. The van der Waals surface area contributed by atoms with Gasteiger partial charge in [-0.2, -0.15) is 0 Å². The van der Waals surface area contributed by atoms with Crippen LogP contribution >= 0.6 is 11.5 Å². The van der Waals surface area contributed by atoms with Gasteiger partial charge in [0.15, 0.2) is 0 Å². The predicted molar refractivity (Wildman–Crippen MR) is 83.6 cm³/mol. The van der Waals surface area contributed by atoms with Crippen LogP contribution in [0.25, 0.3) is 0 Å². The van der Waals surface area contributed by atoms with Gasteiger partial charge in [0.1, 0.15) is 4.88 Å². The van der Waals surface area contributed by atoms with Crippen LogP contribution < -0.4 is 5.32 Å². The fourth-order valence-corrected chi connectivity index (χ4v) is 4.21. The first-order valence-electron chi connectivity index (χ1n) is 8.13. The van der Waals surface area contributed by atoms with Crippen molar-refractivity contribution < 1.29 is 4.79 Å². The van der Waals surface area contributed by atoms with Crippen molar-refractivity contribution in [1.82, 2.24) is 19.8 Å². The summed E-state index contributed by atoms with van der Waals surface area (Å²) in [7, 11) is 0. The zero-order valence-corrected chi connectivity index (χ0v) is 13.5. The lowest BCUT2D eigenvalue weighted by Crippen LogP contribution is -2.43. The Morgan fingerprint density at radius 3 is 2.86 bits per heavy atom. The van der Waals surface area contributed by atoms with E-state index in [1.165, 1.54) is 24.4 Å². The Balaban J connectivity index is 1.58. The first-order chi connectivity index (χ1) is 10.3. The van der Waals surface area contributed by atoms with Crippen molar-refractivity contribution in [2.75, 3.05) is 19.6 Å². The number of amides is 1. The third kappa shape index (κ3) is 3.26. The molecule has 0 aromatic carbocycles. The number of likely N-dealkylation sites (tertiary alicyclic amines) is 1. The minimum absolute atomic E-state index is 0.145. The van der Waals surface area contributed by atoms with E-state index in [4.69, 9.17) is 0 Å². The van der Waals surface area contributed by atoms with E-state index in [1.807, 2.05) is 4.90 Å². The first kappa shape index (κ1) is 14.9. The van der Waals surface area contributed by atoms with Gasteiger partial charge in [0, 0.05) is 19.1 Å². The van der Waals surface area contributed by atoms with E-state index >= 15 is 0 Å². The highest BCUT2D eigenvalue weighted by Gasteiger charge is 2.31. The lowest BCUT2D eigenvalue weighted by Gasteiger charge is -2.34. The van der Waals surface area contributed by atoms with Crippen molar-refractivity contribution in [2.24, 2.45) is 5.92 Å². The Kier molecular flexibility index (Phi) is 4.85. The molecule has 1 aromatic rings. The van der Waals surface area contributed by atoms with Gasteiger partial charge in [-0.15, -0.1) is 5.10 Å². The van der Waals surface area contributed by atoms with E-state index in [0.29, 0.717) is 6.04 Å². The second kappa shape index (κ2) is 6.83. The first-order valence-corrected chi connectivity index (χ1v) is 8.90. The van der Waals surface area contributed by atoms with Crippen molar-refractivity contribution in [3.05, 3.63) is 10.6 Å². The fourth-order valence-electron chi connectivity index (χ4n) is 3.53. The Bertz CT molecular complexity index is 476. The molecule has 116 valence electrons. The Labute approximate surface area is 130 Å². The van der Waals surface area contributed by atoms with Crippen LogP contribution in [0.1, 0.15) is 54.4 Å². The molecular formula is C15H24N4OS. The summed E-state index contributed by atoms with van der Waals surface area (Å²) in [5.41, 5.74) is 0.882. The van der Waals surface area contributed by atoms with Gasteiger partial charge in [0.2, 0.25) is 0 Å². The zero-order chi connectivity index (χ0) is 14.7. The molecule has 0 saturated carbocycles. The molecule has 6 heteroatoms. The molecule has 1 aromatic heterocycles. The highest BCUT2D eigenvalue weighted by molar-refractivity contribution is 7.08. The van der Waals surface area contributed by atoms with Gasteiger partial charge in [-0.1, -0.05) is 17.8 Å². The lowest BCUT2D eigenvalue weighted by molar-refractivity contribution is 0.0678. The molecule has 0 radical (unpaired) electrons. The largest absolute Gasteiger partial charge is 0.338 e. The maximum absolute atomic E-state index is 12.6. The number of aryl methyl sites for hydroxylation is 1. The molecule has 2 aliphatic rings. The molecule has 3 heterocycles. The maximum atomic E-state index is 12.6. The summed E-state index contributed by atoms with van der Waals surface area (Å²) in [5, 5.41) is 7.71. The van der Waals surface area contributed by atoms with Crippen molar-refractivity contribution in [3.63, 3.8) is 0 Å². The van der Waals surface area contributed by atoms with Gasteiger partial charge < -0.3 is 10.2 Å². The fraction of sp³-hybridized carbons (Fsp3) is 0.800. The van der Waals surface area contributed by atoms with E-state index in [-0.39, 0.29) is 5.91 Å². The summed E-state index contributed by atoms with van der Waals surface area (Å²) in [4.78, 5) is 15.4. The molecule has 2 saturated heterocycles. The summed E-state index contributed by atoms with van der Waals surface area (Å²) in [6, 6.07) is 0.683. The normalized spacial score (nSPS) is 23.7. The number of carbonyl (C=O) groups is 1. The average Bonchev–Trinajstić information content (AvgIpc) is 3.19. The second-order valence-corrected chi connectivity index (χ2v) is 6.89. The van der Waals surface area contributed by atoms with Gasteiger partial charge in [-0.25, -0.2) is 0 Å². The standard InChI is InChI=1S/C15H24N4OS/c1-2-4-13-14(21-18-17-13)15(20)19-9-6-11(7-10-19)12-5-3-8-16-12/h11-12,16H,2-10H2,1H3. The number of hydrogen-bond acceptors (Lipinski definition) is 5. The Morgan fingerprint density at radius 2 is 2.19 bits per heavy atom. The molecule has 21 heavy (non-hydrogen) atoms. The molecule has 1 unspecified atom stereocenters. The molecule has 2 aliphatic heterocycles. The molecule has 1 atom stereocenters. The molecule has 2 fully saturated rings. The van der Waals surface area contributed by atoms with E-state index in [2.05, 4.69) is 21.8 Å². The summed E-state index contributed by atoms with van der Waals surface area (Å²) in [6.45, 7) is 5.03. The van der Waals surface area contributed by atoms with Crippen LogP contribution in [0.15, 0.2) is 0 Å². The lowest BCUT2D eigenvalue weighted by atomic mass is 9.88. The number of piperidine rings is 1. The van der Waals surface area contributed by atoms with Gasteiger partial charge in [-0.3, -0.25) is 4.79 Å². The highest BCUT2D eigenvalue weighted by atomic mass is 32.1. The molecular weight excluding hydrogens is 284 g/mol. The van der Waals surface area contributed by atoms with Crippen LogP contribution in [-0.2, 0) is 6.42 Å². The van der Waals surface area contributed by atoms with E-state index in [0.717, 1.165) is 61.8 Å². The summed E-state index contributed by atoms with van der Waals surface area (Å²) >= 11 is 1.25. The molecule has 0 aliphatic carbocycles. The van der Waals surface area contributed by atoms with Gasteiger partial charge in [-0.05, 0) is 56.1 Å². The number of carbonyl (C=O) groups excluding carboxylic acids is 1.